The van der Waals surface area contributed by atoms with Crippen LogP contribution in [-0.2, 0) is 13.1 Å². The summed E-state index contributed by atoms with van der Waals surface area (Å²) in [7, 11) is 0. The molecule has 5 nitrogen and oxygen atoms in total. The average Bonchev–Trinajstić information content (AvgIpc) is 3.25. The zero-order valence-electron chi connectivity index (χ0n) is 16.5. The molecular weight excluding hydrogens is 372 g/mol. The van der Waals surface area contributed by atoms with Crippen LogP contribution in [0.25, 0.3) is 0 Å². The monoisotopic (exact) mass is 394 g/mol. The van der Waals surface area contributed by atoms with E-state index in [4.69, 9.17) is 0 Å². The van der Waals surface area contributed by atoms with E-state index in [9.17, 15) is 4.79 Å². The van der Waals surface area contributed by atoms with E-state index in [2.05, 4.69) is 22.5 Å². The van der Waals surface area contributed by atoms with Crippen LogP contribution in [-0.4, -0.2) is 20.6 Å². The molecule has 2 heterocycles. The number of carbonyl (C=O) groups excluding carboxylic acids is 1. The van der Waals surface area contributed by atoms with Crippen molar-refractivity contribution in [3.05, 3.63) is 120 Å². The zero-order chi connectivity index (χ0) is 20.3. The van der Waals surface area contributed by atoms with Gasteiger partial charge in [0.1, 0.15) is 6.17 Å². The molecule has 1 amide bonds. The van der Waals surface area contributed by atoms with Crippen molar-refractivity contribution in [1.29, 1.82) is 0 Å². The van der Waals surface area contributed by atoms with Crippen LogP contribution in [0, 0.1) is 0 Å². The normalized spacial score (nSPS) is 15.5. The fraction of sp³-hybridized carbons (Fsp3) is 0.120. The van der Waals surface area contributed by atoms with E-state index < -0.39 is 0 Å². The number of hydrogen-bond acceptors (Lipinski definition) is 3. The van der Waals surface area contributed by atoms with E-state index in [-0.39, 0.29) is 12.1 Å². The Morgan fingerprint density at radius 3 is 2.17 bits per heavy atom. The van der Waals surface area contributed by atoms with Gasteiger partial charge in [-0.15, -0.1) is 0 Å². The molecule has 0 spiro atoms. The lowest BCUT2D eigenvalue weighted by Crippen LogP contribution is -2.42. The molecular formula is C25H22N4O. The lowest BCUT2D eigenvalue weighted by molar-refractivity contribution is 0.0666. The van der Waals surface area contributed by atoms with Crippen molar-refractivity contribution in [3.63, 3.8) is 0 Å². The number of benzene rings is 3. The summed E-state index contributed by atoms with van der Waals surface area (Å²) in [5, 5.41) is 8.09. The van der Waals surface area contributed by atoms with Crippen molar-refractivity contribution in [2.75, 3.05) is 5.32 Å². The third-order valence-electron chi connectivity index (χ3n) is 5.37. The Bertz CT molecular complexity index is 1150. The number of nitrogens with one attached hydrogen (secondary N) is 1. The largest absolute Gasteiger partial charge is 0.361 e. The second-order valence-corrected chi connectivity index (χ2v) is 7.47. The highest BCUT2D eigenvalue weighted by Gasteiger charge is 2.33. The number of fused-ring (bicyclic) bond motifs is 1. The van der Waals surface area contributed by atoms with Gasteiger partial charge in [-0.3, -0.25) is 9.48 Å². The zero-order valence-corrected chi connectivity index (χ0v) is 16.5. The van der Waals surface area contributed by atoms with Crippen LogP contribution in [0.5, 0.6) is 0 Å². The topological polar surface area (TPSA) is 50.2 Å². The molecule has 0 bridgehead atoms. The Morgan fingerprint density at radius 1 is 0.800 bits per heavy atom. The number of hydrogen-bond donors (Lipinski definition) is 1. The molecule has 4 aromatic rings. The Kier molecular flexibility index (Phi) is 4.77. The van der Waals surface area contributed by atoms with E-state index in [0.29, 0.717) is 18.7 Å². The SMILES string of the molecule is O=C1c2ccccc2N[C@H](c2cnn(Cc3ccccc3)c2)N1Cc1ccccc1. The van der Waals surface area contributed by atoms with E-state index in [0.717, 1.165) is 16.8 Å². The Labute approximate surface area is 175 Å². The van der Waals surface area contributed by atoms with Crippen molar-refractivity contribution in [2.45, 2.75) is 19.3 Å². The van der Waals surface area contributed by atoms with Gasteiger partial charge in [0.15, 0.2) is 0 Å². The first-order valence-electron chi connectivity index (χ1n) is 10.0. The molecule has 1 aliphatic heterocycles. The molecule has 1 aliphatic rings. The fourth-order valence-corrected chi connectivity index (χ4v) is 3.88. The third-order valence-corrected chi connectivity index (χ3v) is 5.37. The van der Waals surface area contributed by atoms with Gasteiger partial charge in [-0.05, 0) is 23.3 Å². The molecule has 0 fully saturated rings. The molecule has 5 heteroatoms. The summed E-state index contributed by atoms with van der Waals surface area (Å²) in [5.74, 6) is 0.0222. The molecule has 0 aliphatic carbocycles. The summed E-state index contributed by atoms with van der Waals surface area (Å²) >= 11 is 0. The van der Waals surface area contributed by atoms with Gasteiger partial charge in [-0.1, -0.05) is 72.8 Å². The van der Waals surface area contributed by atoms with Crippen molar-refractivity contribution in [2.24, 2.45) is 0 Å². The first kappa shape index (κ1) is 18.2. The summed E-state index contributed by atoms with van der Waals surface area (Å²) in [6.45, 7) is 1.21. The number of nitrogens with zero attached hydrogens (tertiary/aromatic N) is 3. The molecule has 0 radical (unpaired) electrons. The van der Waals surface area contributed by atoms with E-state index in [1.54, 1.807) is 0 Å². The maximum Gasteiger partial charge on any atom is 0.258 e. The molecule has 5 rings (SSSR count). The predicted octanol–water partition coefficient (Wildman–Crippen LogP) is 4.70. The summed E-state index contributed by atoms with van der Waals surface area (Å²) in [4.78, 5) is 15.2. The molecule has 0 saturated carbocycles. The van der Waals surface area contributed by atoms with Crippen LogP contribution in [0.2, 0.25) is 0 Å². The highest BCUT2D eigenvalue weighted by molar-refractivity contribution is 6.01. The maximum absolute atomic E-state index is 13.4. The van der Waals surface area contributed by atoms with Crippen molar-refractivity contribution >= 4 is 11.6 Å². The van der Waals surface area contributed by atoms with Gasteiger partial charge in [-0.2, -0.15) is 5.10 Å². The number of anilines is 1. The van der Waals surface area contributed by atoms with Crippen LogP contribution >= 0.6 is 0 Å². The highest BCUT2D eigenvalue weighted by atomic mass is 16.2. The molecule has 1 aromatic heterocycles. The first-order chi connectivity index (χ1) is 14.8. The molecule has 148 valence electrons. The predicted molar refractivity (Wildman–Crippen MR) is 117 cm³/mol. The van der Waals surface area contributed by atoms with Crippen LogP contribution in [0.4, 0.5) is 5.69 Å². The van der Waals surface area contributed by atoms with Crippen LogP contribution in [0.15, 0.2) is 97.3 Å². The van der Waals surface area contributed by atoms with Crippen LogP contribution < -0.4 is 5.32 Å². The molecule has 0 unspecified atom stereocenters. The molecule has 30 heavy (non-hydrogen) atoms. The maximum atomic E-state index is 13.4. The van der Waals surface area contributed by atoms with Crippen molar-refractivity contribution in [1.82, 2.24) is 14.7 Å². The molecule has 3 aromatic carbocycles. The summed E-state index contributed by atoms with van der Waals surface area (Å²) in [6.07, 6.45) is 3.58. The second-order valence-electron chi connectivity index (χ2n) is 7.47. The third kappa shape index (κ3) is 3.57. The lowest BCUT2D eigenvalue weighted by Gasteiger charge is -2.37. The van der Waals surface area contributed by atoms with E-state index in [1.165, 1.54) is 5.56 Å². The number of aromatic nitrogens is 2. The number of carbonyl (C=O) groups is 1. The van der Waals surface area contributed by atoms with Gasteiger partial charge in [-0.25, -0.2) is 0 Å². The average molecular weight is 394 g/mol. The van der Waals surface area contributed by atoms with Crippen molar-refractivity contribution in [3.8, 4) is 0 Å². The van der Waals surface area contributed by atoms with Gasteiger partial charge in [0.25, 0.3) is 5.91 Å². The van der Waals surface area contributed by atoms with E-state index >= 15 is 0 Å². The highest BCUT2D eigenvalue weighted by Crippen LogP contribution is 2.34. The van der Waals surface area contributed by atoms with Crippen LogP contribution in [0.3, 0.4) is 0 Å². The molecule has 1 N–H and O–H groups in total. The van der Waals surface area contributed by atoms with Gasteiger partial charge in [0.2, 0.25) is 0 Å². The minimum Gasteiger partial charge on any atom is -0.361 e. The Hall–Kier alpha value is -3.86. The molecule has 0 saturated heterocycles. The minimum atomic E-state index is -0.280. The standard InChI is InChI=1S/C25H22N4O/c30-25-22-13-7-8-14-23(22)27-24(29(25)17-20-11-5-2-6-12-20)21-15-26-28(18-21)16-19-9-3-1-4-10-19/h1-15,18,24,27H,16-17H2/t24-/m0/s1. The number of amides is 1. The second kappa shape index (κ2) is 7.87. The van der Waals surface area contributed by atoms with Crippen molar-refractivity contribution < 1.29 is 4.79 Å². The lowest BCUT2D eigenvalue weighted by atomic mass is 10.0. The first-order valence-corrected chi connectivity index (χ1v) is 10.0. The molecule has 1 atom stereocenters. The number of rotatable bonds is 5. The Balaban J connectivity index is 1.47. The Morgan fingerprint density at radius 2 is 1.43 bits per heavy atom. The van der Waals surface area contributed by atoms with Gasteiger partial charge in [0.05, 0.1) is 18.3 Å². The summed E-state index contributed by atoms with van der Waals surface area (Å²) < 4.78 is 1.91. The quantitative estimate of drug-likeness (QED) is 0.534. The summed E-state index contributed by atoms with van der Waals surface area (Å²) in [6, 6.07) is 28.0. The van der Waals surface area contributed by atoms with Gasteiger partial charge in [0, 0.05) is 24.0 Å². The van der Waals surface area contributed by atoms with Gasteiger partial charge < -0.3 is 10.2 Å². The fourth-order valence-electron chi connectivity index (χ4n) is 3.88. The van der Waals surface area contributed by atoms with Gasteiger partial charge >= 0.3 is 0 Å². The van der Waals surface area contributed by atoms with Crippen LogP contribution in [0.1, 0.15) is 33.2 Å². The number of para-hydroxylation sites is 1. The summed E-state index contributed by atoms with van der Waals surface area (Å²) in [5.41, 5.74) is 4.79. The minimum absolute atomic E-state index is 0.0222. The van der Waals surface area contributed by atoms with E-state index in [1.807, 2.05) is 94.8 Å². The smallest absolute Gasteiger partial charge is 0.258 e.